The first-order chi connectivity index (χ1) is 13.7. The summed E-state index contributed by atoms with van der Waals surface area (Å²) in [5.74, 6) is 0.920. The summed E-state index contributed by atoms with van der Waals surface area (Å²) in [5.41, 5.74) is 1.35. The Balaban J connectivity index is 1.92. The zero-order valence-electron chi connectivity index (χ0n) is 15.7. The van der Waals surface area contributed by atoms with Crippen molar-refractivity contribution in [1.82, 2.24) is 0 Å². The number of amides is 1. The quantitative estimate of drug-likeness (QED) is 0.499. The van der Waals surface area contributed by atoms with Crippen molar-refractivity contribution < 1.29 is 14.3 Å². The van der Waals surface area contributed by atoms with Crippen molar-refractivity contribution in [2.75, 3.05) is 19.0 Å². The lowest BCUT2D eigenvalue weighted by molar-refractivity contribution is -0.112. The van der Waals surface area contributed by atoms with E-state index in [0.29, 0.717) is 18.0 Å². The maximum Gasteiger partial charge on any atom is 0.266 e. The Morgan fingerprint density at radius 2 is 1.89 bits per heavy atom. The van der Waals surface area contributed by atoms with Gasteiger partial charge in [-0.3, -0.25) is 4.79 Å². The average Bonchev–Trinajstić information content (AvgIpc) is 2.72. The minimum atomic E-state index is -0.476. The van der Waals surface area contributed by atoms with E-state index in [9.17, 15) is 10.1 Å². The zero-order valence-corrected chi connectivity index (χ0v) is 15.7. The molecule has 0 radical (unpaired) electrons. The molecular formula is C23H20N2O3. The van der Waals surface area contributed by atoms with Gasteiger partial charge in [0, 0.05) is 17.1 Å². The Hall–Kier alpha value is -3.78. The van der Waals surface area contributed by atoms with E-state index >= 15 is 0 Å². The third-order valence-corrected chi connectivity index (χ3v) is 4.21. The Morgan fingerprint density at radius 3 is 2.61 bits per heavy atom. The van der Waals surface area contributed by atoms with Gasteiger partial charge in [0.1, 0.15) is 23.1 Å². The predicted octanol–water partition coefficient (Wildman–Crippen LogP) is 4.79. The van der Waals surface area contributed by atoms with Crippen LogP contribution in [0.2, 0.25) is 0 Å². The maximum atomic E-state index is 12.6. The predicted molar refractivity (Wildman–Crippen MR) is 110 cm³/mol. The van der Waals surface area contributed by atoms with Crippen molar-refractivity contribution in [1.29, 1.82) is 5.26 Å². The fourth-order valence-corrected chi connectivity index (χ4v) is 2.93. The highest BCUT2D eigenvalue weighted by Gasteiger charge is 2.12. The monoisotopic (exact) mass is 372 g/mol. The Bertz CT molecular complexity index is 1080. The molecule has 3 aromatic carbocycles. The molecule has 0 saturated carbocycles. The molecule has 0 spiro atoms. The first kappa shape index (κ1) is 19.0. The third-order valence-electron chi connectivity index (χ3n) is 4.21. The van der Waals surface area contributed by atoms with E-state index in [1.54, 1.807) is 31.4 Å². The van der Waals surface area contributed by atoms with E-state index in [0.717, 1.165) is 22.1 Å². The van der Waals surface area contributed by atoms with Crippen molar-refractivity contribution >= 4 is 28.4 Å². The SMILES string of the molecule is CCOc1cccc(NC(=O)/C(C#N)=C\c2ccc(OC)c3ccccc23)c1. The second kappa shape index (κ2) is 8.74. The third kappa shape index (κ3) is 4.13. The van der Waals surface area contributed by atoms with E-state index in [1.165, 1.54) is 0 Å². The minimum absolute atomic E-state index is 0.0112. The summed E-state index contributed by atoms with van der Waals surface area (Å²) < 4.78 is 10.8. The molecule has 1 amide bonds. The second-order valence-electron chi connectivity index (χ2n) is 5.99. The van der Waals surface area contributed by atoms with Crippen molar-refractivity contribution in [2.24, 2.45) is 0 Å². The van der Waals surface area contributed by atoms with E-state index < -0.39 is 5.91 Å². The lowest BCUT2D eigenvalue weighted by Gasteiger charge is -2.09. The fraction of sp³-hybridized carbons (Fsp3) is 0.130. The number of carbonyl (C=O) groups excluding carboxylic acids is 1. The smallest absolute Gasteiger partial charge is 0.266 e. The Kier molecular flexibility index (Phi) is 5.93. The van der Waals surface area contributed by atoms with Crippen molar-refractivity contribution in [3.05, 3.63) is 71.8 Å². The molecule has 0 bridgehead atoms. The molecule has 0 aliphatic heterocycles. The molecule has 5 heteroatoms. The Labute approximate surface area is 163 Å². The molecular weight excluding hydrogens is 352 g/mol. The van der Waals surface area contributed by atoms with Gasteiger partial charge in [-0.2, -0.15) is 5.26 Å². The molecule has 0 heterocycles. The van der Waals surface area contributed by atoms with E-state index in [-0.39, 0.29) is 5.57 Å². The molecule has 0 unspecified atom stereocenters. The number of nitrogens with zero attached hydrogens (tertiary/aromatic N) is 1. The van der Waals surface area contributed by atoms with Crippen LogP contribution in [0.15, 0.2) is 66.2 Å². The highest BCUT2D eigenvalue weighted by molar-refractivity contribution is 6.11. The maximum absolute atomic E-state index is 12.6. The first-order valence-electron chi connectivity index (χ1n) is 8.88. The standard InChI is InChI=1S/C23H20N2O3/c1-3-28-19-8-6-7-18(14-19)25-23(26)17(15-24)13-16-11-12-22(27-2)21-10-5-4-9-20(16)21/h4-14H,3H2,1-2H3,(H,25,26)/b17-13-. The summed E-state index contributed by atoms with van der Waals surface area (Å²) in [6.07, 6.45) is 1.59. The highest BCUT2D eigenvalue weighted by Crippen LogP contribution is 2.29. The number of methoxy groups -OCH3 is 1. The number of ether oxygens (including phenoxy) is 2. The van der Waals surface area contributed by atoms with Crippen molar-refractivity contribution in [2.45, 2.75) is 6.92 Å². The summed E-state index contributed by atoms with van der Waals surface area (Å²) >= 11 is 0. The van der Waals surface area contributed by atoms with Crippen LogP contribution in [0.1, 0.15) is 12.5 Å². The molecule has 0 aliphatic carbocycles. The van der Waals surface area contributed by atoms with Gasteiger partial charge in [0.25, 0.3) is 5.91 Å². The van der Waals surface area contributed by atoms with Gasteiger partial charge >= 0.3 is 0 Å². The van der Waals surface area contributed by atoms with Crippen LogP contribution in [-0.2, 0) is 4.79 Å². The summed E-state index contributed by atoms with van der Waals surface area (Å²) in [6.45, 7) is 2.42. The topological polar surface area (TPSA) is 71.3 Å². The average molecular weight is 372 g/mol. The molecule has 0 aliphatic rings. The number of nitrogens with one attached hydrogen (secondary N) is 1. The van der Waals surface area contributed by atoms with Crippen molar-refractivity contribution in [3.8, 4) is 17.6 Å². The van der Waals surface area contributed by atoms with Crippen LogP contribution in [0.4, 0.5) is 5.69 Å². The van der Waals surface area contributed by atoms with Crippen LogP contribution in [0.3, 0.4) is 0 Å². The van der Waals surface area contributed by atoms with Gasteiger partial charge < -0.3 is 14.8 Å². The van der Waals surface area contributed by atoms with Crippen LogP contribution < -0.4 is 14.8 Å². The fourth-order valence-electron chi connectivity index (χ4n) is 2.93. The van der Waals surface area contributed by atoms with Gasteiger partial charge in [0.15, 0.2) is 0 Å². The summed E-state index contributed by atoms with van der Waals surface area (Å²) in [4.78, 5) is 12.6. The number of fused-ring (bicyclic) bond motifs is 1. The van der Waals surface area contributed by atoms with Crippen LogP contribution in [0.5, 0.6) is 11.5 Å². The number of carbonyl (C=O) groups is 1. The van der Waals surface area contributed by atoms with Crippen LogP contribution >= 0.6 is 0 Å². The number of rotatable bonds is 6. The van der Waals surface area contributed by atoms with E-state index in [4.69, 9.17) is 9.47 Å². The molecule has 0 atom stereocenters. The molecule has 1 N–H and O–H groups in total. The van der Waals surface area contributed by atoms with Gasteiger partial charge in [-0.1, -0.05) is 36.4 Å². The van der Waals surface area contributed by atoms with E-state index in [1.807, 2.05) is 55.5 Å². The van der Waals surface area contributed by atoms with Crippen LogP contribution in [0.25, 0.3) is 16.8 Å². The van der Waals surface area contributed by atoms with Gasteiger partial charge in [-0.15, -0.1) is 0 Å². The van der Waals surface area contributed by atoms with Gasteiger partial charge in [0.05, 0.1) is 13.7 Å². The molecule has 5 nitrogen and oxygen atoms in total. The zero-order chi connectivity index (χ0) is 19.9. The molecule has 0 fully saturated rings. The van der Waals surface area contributed by atoms with Crippen LogP contribution in [-0.4, -0.2) is 19.6 Å². The van der Waals surface area contributed by atoms with Crippen LogP contribution in [0, 0.1) is 11.3 Å². The summed E-state index contributed by atoms with van der Waals surface area (Å²) in [7, 11) is 1.61. The number of hydrogen-bond donors (Lipinski definition) is 1. The molecule has 28 heavy (non-hydrogen) atoms. The largest absolute Gasteiger partial charge is 0.496 e. The lowest BCUT2D eigenvalue weighted by atomic mass is 10.0. The lowest BCUT2D eigenvalue weighted by Crippen LogP contribution is -2.13. The first-order valence-corrected chi connectivity index (χ1v) is 8.88. The summed E-state index contributed by atoms with van der Waals surface area (Å²) in [6, 6.07) is 20.4. The molecule has 0 saturated heterocycles. The minimum Gasteiger partial charge on any atom is -0.496 e. The summed E-state index contributed by atoms with van der Waals surface area (Å²) in [5, 5.41) is 14.1. The molecule has 3 aromatic rings. The van der Waals surface area contributed by atoms with Crippen molar-refractivity contribution in [3.63, 3.8) is 0 Å². The van der Waals surface area contributed by atoms with Gasteiger partial charge in [0.2, 0.25) is 0 Å². The normalized spacial score (nSPS) is 11.0. The number of hydrogen-bond acceptors (Lipinski definition) is 4. The second-order valence-corrected chi connectivity index (χ2v) is 5.99. The number of anilines is 1. The molecule has 3 rings (SSSR count). The van der Waals surface area contributed by atoms with Gasteiger partial charge in [-0.25, -0.2) is 0 Å². The van der Waals surface area contributed by atoms with E-state index in [2.05, 4.69) is 5.32 Å². The Morgan fingerprint density at radius 1 is 1.11 bits per heavy atom. The highest BCUT2D eigenvalue weighted by atomic mass is 16.5. The molecule has 0 aromatic heterocycles. The number of benzene rings is 3. The molecule has 140 valence electrons. The number of nitriles is 1. The van der Waals surface area contributed by atoms with Gasteiger partial charge in [-0.05, 0) is 42.1 Å².